The van der Waals surface area contributed by atoms with Crippen LogP contribution < -0.4 is 5.32 Å². The van der Waals surface area contributed by atoms with Gasteiger partial charge in [0.15, 0.2) is 6.04 Å². The molecular formula is C11H17N3O4. The highest BCUT2D eigenvalue weighted by atomic mass is 16.5. The van der Waals surface area contributed by atoms with Gasteiger partial charge in [-0.05, 0) is 13.8 Å². The third-order valence-corrected chi connectivity index (χ3v) is 2.70. The number of aromatic nitrogens is 2. The van der Waals surface area contributed by atoms with Crippen LogP contribution in [0.2, 0.25) is 0 Å². The fourth-order valence-electron chi connectivity index (χ4n) is 1.58. The SMILES string of the molecule is CCOC(=O)C(NC=O)C(O)c1cnn(C)c1C. The molecule has 2 unspecified atom stereocenters. The summed E-state index contributed by atoms with van der Waals surface area (Å²) in [5.74, 6) is -0.680. The molecule has 0 fully saturated rings. The lowest BCUT2D eigenvalue weighted by Crippen LogP contribution is -2.42. The minimum atomic E-state index is -1.19. The number of amides is 1. The molecule has 2 N–H and O–H groups in total. The summed E-state index contributed by atoms with van der Waals surface area (Å²) in [5.41, 5.74) is 1.19. The number of carbonyl (C=O) groups is 2. The van der Waals surface area contributed by atoms with Crippen molar-refractivity contribution in [3.05, 3.63) is 17.5 Å². The van der Waals surface area contributed by atoms with E-state index in [2.05, 4.69) is 10.4 Å². The number of hydrogen-bond acceptors (Lipinski definition) is 5. The van der Waals surface area contributed by atoms with E-state index in [0.717, 1.165) is 0 Å². The van der Waals surface area contributed by atoms with Gasteiger partial charge in [-0.2, -0.15) is 5.10 Å². The number of aliphatic hydroxyl groups is 1. The van der Waals surface area contributed by atoms with Crippen LogP contribution in [-0.4, -0.2) is 39.9 Å². The maximum absolute atomic E-state index is 11.6. The summed E-state index contributed by atoms with van der Waals surface area (Å²) >= 11 is 0. The van der Waals surface area contributed by atoms with E-state index in [1.54, 1.807) is 25.6 Å². The van der Waals surface area contributed by atoms with Gasteiger partial charge in [0, 0.05) is 18.3 Å². The maximum Gasteiger partial charge on any atom is 0.331 e. The van der Waals surface area contributed by atoms with Gasteiger partial charge in [0.2, 0.25) is 6.41 Å². The van der Waals surface area contributed by atoms with E-state index in [-0.39, 0.29) is 6.61 Å². The van der Waals surface area contributed by atoms with Crippen LogP contribution in [0, 0.1) is 6.92 Å². The lowest BCUT2D eigenvalue weighted by Gasteiger charge is -2.20. The Kier molecular flexibility index (Phi) is 4.85. The Bertz CT molecular complexity index is 430. The van der Waals surface area contributed by atoms with E-state index in [1.165, 1.54) is 6.20 Å². The first-order valence-electron chi connectivity index (χ1n) is 5.55. The molecule has 1 amide bonds. The molecule has 7 nitrogen and oxygen atoms in total. The van der Waals surface area contributed by atoms with E-state index >= 15 is 0 Å². The summed E-state index contributed by atoms with van der Waals surface area (Å²) in [6.45, 7) is 3.58. The van der Waals surface area contributed by atoms with Gasteiger partial charge in [-0.25, -0.2) is 4.79 Å². The number of aliphatic hydroxyl groups excluding tert-OH is 1. The van der Waals surface area contributed by atoms with Crippen LogP contribution in [0.15, 0.2) is 6.20 Å². The summed E-state index contributed by atoms with van der Waals surface area (Å²) in [6, 6.07) is -1.13. The zero-order valence-electron chi connectivity index (χ0n) is 10.6. The number of nitrogens with one attached hydrogen (secondary N) is 1. The number of aryl methyl sites for hydroxylation is 1. The van der Waals surface area contributed by atoms with Crippen molar-refractivity contribution in [3.8, 4) is 0 Å². The summed E-state index contributed by atoms with van der Waals surface area (Å²) in [6.07, 6.45) is 0.623. The van der Waals surface area contributed by atoms with E-state index in [9.17, 15) is 14.7 Å². The molecule has 1 aromatic heterocycles. The van der Waals surface area contributed by atoms with Crippen molar-refractivity contribution < 1.29 is 19.4 Å². The minimum absolute atomic E-state index is 0.175. The smallest absolute Gasteiger partial charge is 0.331 e. The zero-order valence-corrected chi connectivity index (χ0v) is 10.6. The summed E-state index contributed by atoms with van der Waals surface area (Å²) in [7, 11) is 1.72. The van der Waals surface area contributed by atoms with Gasteiger partial charge in [-0.3, -0.25) is 9.48 Å². The largest absolute Gasteiger partial charge is 0.464 e. The molecule has 1 aromatic rings. The third kappa shape index (κ3) is 2.86. The molecule has 100 valence electrons. The Morgan fingerprint density at radius 2 is 2.39 bits per heavy atom. The normalized spacial score (nSPS) is 13.8. The second-order valence-corrected chi connectivity index (χ2v) is 3.77. The number of ether oxygens (including phenoxy) is 1. The molecule has 1 rings (SSSR count). The average Bonchev–Trinajstić information content (AvgIpc) is 2.66. The van der Waals surface area contributed by atoms with Gasteiger partial charge in [-0.1, -0.05) is 0 Å². The highest BCUT2D eigenvalue weighted by Crippen LogP contribution is 2.20. The van der Waals surface area contributed by atoms with Gasteiger partial charge < -0.3 is 15.2 Å². The first-order chi connectivity index (χ1) is 8.52. The van der Waals surface area contributed by atoms with Crippen molar-refractivity contribution in [3.63, 3.8) is 0 Å². The van der Waals surface area contributed by atoms with Crippen LogP contribution in [0.5, 0.6) is 0 Å². The predicted molar refractivity (Wildman–Crippen MR) is 62.5 cm³/mol. The predicted octanol–water partition coefficient (Wildman–Crippen LogP) is -0.560. The van der Waals surface area contributed by atoms with Gasteiger partial charge in [0.1, 0.15) is 6.10 Å². The van der Waals surface area contributed by atoms with Gasteiger partial charge in [-0.15, -0.1) is 0 Å². The molecule has 0 spiro atoms. The Morgan fingerprint density at radius 3 is 2.83 bits per heavy atom. The molecule has 0 aliphatic carbocycles. The Hall–Kier alpha value is -1.89. The van der Waals surface area contributed by atoms with Crippen LogP contribution in [0.4, 0.5) is 0 Å². The Morgan fingerprint density at radius 1 is 1.72 bits per heavy atom. The fraction of sp³-hybridized carbons (Fsp3) is 0.545. The van der Waals surface area contributed by atoms with Crippen molar-refractivity contribution in [2.75, 3.05) is 6.61 Å². The highest BCUT2D eigenvalue weighted by Gasteiger charge is 2.31. The van der Waals surface area contributed by atoms with Crippen LogP contribution in [0.25, 0.3) is 0 Å². The van der Waals surface area contributed by atoms with Crippen LogP contribution in [0.3, 0.4) is 0 Å². The monoisotopic (exact) mass is 255 g/mol. The number of nitrogens with zero attached hydrogens (tertiary/aromatic N) is 2. The lowest BCUT2D eigenvalue weighted by atomic mass is 10.0. The molecule has 0 saturated carbocycles. The molecule has 0 saturated heterocycles. The maximum atomic E-state index is 11.6. The standard InChI is InChI=1S/C11H17N3O4/c1-4-18-11(17)9(12-6-15)10(16)8-5-13-14(3)7(8)2/h5-6,9-10,16H,4H2,1-3H3,(H,12,15). The Labute approximate surface area is 105 Å². The lowest BCUT2D eigenvalue weighted by molar-refractivity contribution is -0.149. The molecule has 7 heteroatoms. The first-order valence-corrected chi connectivity index (χ1v) is 5.55. The number of rotatable bonds is 6. The molecule has 0 radical (unpaired) electrons. The van der Waals surface area contributed by atoms with Crippen molar-refractivity contribution in [2.45, 2.75) is 26.0 Å². The summed E-state index contributed by atoms with van der Waals surface area (Å²) in [4.78, 5) is 22.1. The topological polar surface area (TPSA) is 93.4 Å². The minimum Gasteiger partial charge on any atom is -0.464 e. The van der Waals surface area contributed by atoms with Crippen molar-refractivity contribution in [2.24, 2.45) is 7.05 Å². The number of carbonyl (C=O) groups excluding carboxylic acids is 2. The Balaban J connectivity index is 2.95. The molecule has 0 aliphatic rings. The number of hydrogen-bond donors (Lipinski definition) is 2. The van der Waals surface area contributed by atoms with Crippen LogP contribution >= 0.6 is 0 Å². The first kappa shape index (κ1) is 14.2. The average molecular weight is 255 g/mol. The van der Waals surface area contributed by atoms with Crippen molar-refractivity contribution >= 4 is 12.4 Å². The molecule has 0 aromatic carbocycles. The van der Waals surface area contributed by atoms with Crippen molar-refractivity contribution in [1.29, 1.82) is 0 Å². The van der Waals surface area contributed by atoms with Gasteiger partial charge in [0.25, 0.3) is 0 Å². The van der Waals surface area contributed by atoms with E-state index < -0.39 is 18.1 Å². The quantitative estimate of drug-likeness (QED) is 0.525. The summed E-state index contributed by atoms with van der Waals surface area (Å²) in [5, 5.41) is 16.4. The molecular weight excluding hydrogens is 238 g/mol. The second kappa shape index (κ2) is 6.15. The van der Waals surface area contributed by atoms with Crippen molar-refractivity contribution in [1.82, 2.24) is 15.1 Å². The third-order valence-electron chi connectivity index (χ3n) is 2.70. The fourth-order valence-corrected chi connectivity index (χ4v) is 1.58. The number of esters is 1. The van der Waals surface area contributed by atoms with E-state index in [1.807, 2.05) is 0 Å². The summed E-state index contributed by atoms with van der Waals surface area (Å²) < 4.78 is 6.37. The highest BCUT2D eigenvalue weighted by molar-refractivity contribution is 5.79. The van der Waals surface area contributed by atoms with Crippen LogP contribution in [-0.2, 0) is 21.4 Å². The van der Waals surface area contributed by atoms with Gasteiger partial charge in [0.05, 0.1) is 12.8 Å². The second-order valence-electron chi connectivity index (χ2n) is 3.77. The van der Waals surface area contributed by atoms with Gasteiger partial charge >= 0.3 is 5.97 Å². The molecule has 0 bridgehead atoms. The van der Waals surface area contributed by atoms with E-state index in [0.29, 0.717) is 17.7 Å². The zero-order chi connectivity index (χ0) is 13.7. The molecule has 2 atom stereocenters. The molecule has 0 aliphatic heterocycles. The van der Waals surface area contributed by atoms with E-state index in [4.69, 9.17) is 4.74 Å². The van der Waals surface area contributed by atoms with Crippen LogP contribution in [0.1, 0.15) is 24.3 Å². The molecule has 1 heterocycles. The molecule has 18 heavy (non-hydrogen) atoms.